The number of nitrogens with zero attached hydrogens (tertiary/aromatic N) is 2. The van der Waals surface area contributed by atoms with Crippen molar-refractivity contribution in [2.45, 2.75) is 18.8 Å². The molecule has 80 valence electrons. The largest absolute Gasteiger partial charge is 0.251 e. The van der Waals surface area contributed by atoms with Crippen molar-refractivity contribution >= 4 is 11.6 Å². The number of benzene rings is 1. The van der Waals surface area contributed by atoms with E-state index in [4.69, 9.17) is 11.6 Å². The van der Waals surface area contributed by atoms with Crippen LogP contribution < -0.4 is 0 Å². The molecular weight excluding hydrogens is 220 g/mol. The highest BCUT2D eigenvalue weighted by atomic mass is 35.5. The summed E-state index contributed by atoms with van der Waals surface area (Å²) in [4.78, 5) is 8.40. The highest BCUT2D eigenvalue weighted by molar-refractivity contribution is 6.31. The standard InChI is InChI=1S/C13H11ClN2/c14-13-12(15-7-8-16-13)11-4-2-1-3-10(11)9-5-6-9/h1-4,7-9H,5-6H2. The SMILES string of the molecule is Clc1nccnc1-c1ccccc1C1CC1. The molecule has 0 aliphatic heterocycles. The van der Waals surface area contributed by atoms with Gasteiger partial charge in [-0.05, 0) is 24.3 Å². The molecule has 1 heterocycles. The van der Waals surface area contributed by atoms with E-state index in [1.807, 2.05) is 6.07 Å². The fraction of sp³-hybridized carbons (Fsp3) is 0.231. The van der Waals surface area contributed by atoms with Crippen LogP contribution in [-0.2, 0) is 0 Å². The van der Waals surface area contributed by atoms with Crippen LogP contribution in [0.3, 0.4) is 0 Å². The minimum absolute atomic E-state index is 0.482. The summed E-state index contributed by atoms with van der Waals surface area (Å²) in [6, 6.07) is 8.33. The lowest BCUT2D eigenvalue weighted by atomic mass is 10.0. The predicted molar refractivity (Wildman–Crippen MR) is 64.5 cm³/mol. The van der Waals surface area contributed by atoms with E-state index < -0.39 is 0 Å². The number of hydrogen-bond acceptors (Lipinski definition) is 2. The van der Waals surface area contributed by atoms with Crippen molar-refractivity contribution in [3.05, 3.63) is 47.4 Å². The molecule has 0 unspecified atom stereocenters. The van der Waals surface area contributed by atoms with E-state index in [-0.39, 0.29) is 0 Å². The highest BCUT2D eigenvalue weighted by Crippen LogP contribution is 2.44. The third kappa shape index (κ3) is 1.69. The van der Waals surface area contributed by atoms with E-state index in [2.05, 4.69) is 28.2 Å². The van der Waals surface area contributed by atoms with Crippen LogP contribution in [0.5, 0.6) is 0 Å². The van der Waals surface area contributed by atoms with Gasteiger partial charge in [-0.15, -0.1) is 0 Å². The Kier molecular flexibility index (Phi) is 2.37. The summed E-state index contributed by atoms with van der Waals surface area (Å²) < 4.78 is 0. The van der Waals surface area contributed by atoms with Crippen molar-refractivity contribution in [1.29, 1.82) is 0 Å². The maximum absolute atomic E-state index is 6.08. The lowest BCUT2D eigenvalue weighted by molar-refractivity contribution is 1.12. The topological polar surface area (TPSA) is 25.8 Å². The number of halogens is 1. The van der Waals surface area contributed by atoms with Crippen LogP contribution in [0.1, 0.15) is 24.3 Å². The van der Waals surface area contributed by atoms with Crippen LogP contribution in [0.25, 0.3) is 11.3 Å². The van der Waals surface area contributed by atoms with Gasteiger partial charge in [0.2, 0.25) is 0 Å². The highest BCUT2D eigenvalue weighted by Gasteiger charge is 2.26. The quantitative estimate of drug-likeness (QED) is 0.787. The zero-order valence-corrected chi connectivity index (χ0v) is 9.48. The molecule has 1 aromatic carbocycles. The van der Waals surface area contributed by atoms with Crippen LogP contribution in [-0.4, -0.2) is 9.97 Å². The Balaban J connectivity index is 2.15. The normalized spacial score (nSPS) is 15.1. The molecule has 3 rings (SSSR count). The molecule has 16 heavy (non-hydrogen) atoms. The lowest BCUT2D eigenvalue weighted by Crippen LogP contribution is -1.92. The molecule has 1 fully saturated rings. The van der Waals surface area contributed by atoms with Gasteiger partial charge < -0.3 is 0 Å². The summed E-state index contributed by atoms with van der Waals surface area (Å²) in [5, 5.41) is 0.482. The van der Waals surface area contributed by atoms with Gasteiger partial charge in [-0.2, -0.15) is 0 Å². The Morgan fingerprint density at radius 3 is 2.56 bits per heavy atom. The van der Waals surface area contributed by atoms with E-state index in [1.165, 1.54) is 18.4 Å². The van der Waals surface area contributed by atoms with Gasteiger partial charge in [0.15, 0.2) is 5.15 Å². The molecule has 1 aromatic heterocycles. The molecule has 1 aliphatic rings. The first-order valence-electron chi connectivity index (χ1n) is 5.42. The summed E-state index contributed by atoms with van der Waals surface area (Å²) in [5.74, 6) is 0.689. The van der Waals surface area contributed by atoms with Gasteiger partial charge in [0.1, 0.15) is 5.69 Å². The second-order valence-electron chi connectivity index (χ2n) is 4.06. The average molecular weight is 231 g/mol. The summed E-state index contributed by atoms with van der Waals surface area (Å²) in [5.41, 5.74) is 3.28. The average Bonchev–Trinajstić information content (AvgIpc) is 3.14. The third-order valence-electron chi connectivity index (χ3n) is 2.89. The number of hydrogen-bond donors (Lipinski definition) is 0. The van der Waals surface area contributed by atoms with Crippen molar-refractivity contribution in [3.8, 4) is 11.3 Å². The van der Waals surface area contributed by atoms with Crippen LogP contribution in [0.2, 0.25) is 5.15 Å². The van der Waals surface area contributed by atoms with Gasteiger partial charge in [0.25, 0.3) is 0 Å². The second kappa shape index (κ2) is 3.87. The second-order valence-corrected chi connectivity index (χ2v) is 4.42. The Morgan fingerprint density at radius 2 is 1.81 bits per heavy atom. The fourth-order valence-corrected chi connectivity index (χ4v) is 2.17. The molecule has 0 spiro atoms. The summed E-state index contributed by atoms with van der Waals surface area (Å²) in [6.45, 7) is 0. The van der Waals surface area contributed by atoms with Gasteiger partial charge in [-0.3, -0.25) is 4.98 Å². The van der Waals surface area contributed by atoms with Crippen LogP contribution in [0.4, 0.5) is 0 Å². The number of rotatable bonds is 2. The van der Waals surface area contributed by atoms with Gasteiger partial charge in [0, 0.05) is 18.0 Å². The lowest BCUT2D eigenvalue weighted by Gasteiger charge is -2.08. The maximum atomic E-state index is 6.08. The molecular formula is C13H11ClN2. The zero-order valence-electron chi connectivity index (χ0n) is 8.73. The molecule has 1 saturated carbocycles. The minimum atomic E-state index is 0.482. The van der Waals surface area contributed by atoms with Gasteiger partial charge in [0.05, 0.1) is 0 Å². The van der Waals surface area contributed by atoms with Gasteiger partial charge in [-0.25, -0.2) is 4.98 Å². The first-order chi connectivity index (χ1) is 7.86. The molecule has 0 bridgehead atoms. The van der Waals surface area contributed by atoms with E-state index in [0.717, 1.165) is 11.3 Å². The first-order valence-corrected chi connectivity index (χ1v) is 5.80. The molecule has 0 radical (unpaired) electrons. The molecule has 1 aliphatic carbocycles. The summed E-state index contributed by atoms with van der Waals surface area (Å²) in [7, 11) is 0. The maximum Gasteiger partial charge on any atom is 0.155 e. The van der Waals surface area contributed by atoms with Crippen LogP contribution in [0.15, 0.2) is 36.7 Å². The van der Waals surface area contributed by atoms with Crippen molar-refractivity contribution < 1.29 is 0 Å². The van der Waals surface area contributed by atoms with Crippen molar-refractivity contribution in [1.82, 2.24) is 9.97 Å². The Morgan fingerprint density at radius 1 is 1.06 bits per heavy atom. The Bertz CT molecular complexity index is 521. The molecule has 0 N–H and O–H groups in total. The third-order valence-corrected chi connectivity index (χ3v) is 3.16. The Labute approximate surface area is 99.3 Å². The van der Waals surface area contributed by atoms with Gasteiger partial charge in [-0.1, -0.05) is 35.9 Å². The number of aromatic nitrogens is 2. The van der Waals surface area contributed by atoms with Crippen LogP contribution >= 0.6 is 11.6 Å². The monoisotopic (exact) mass is 230 g/mol. The van der Waals surface area contributed by atoms with Crippen LogP contribution in [0, 0.1) is 0 Å². The molecule has 3 heteroatoms. The molecule has 0 amide bonds. The Hall–Kier alpha value is -1.41. The molecule has 2 nitrogen and oxygen atoms in total. The minimum Gasteiger partial charge on any atom is -0.251 e. The smallest absolute Gasteiger partial charge is 0.155 e. The van der Waals surface area contributed by atoms with Crippen molar-refractivity contribution in [3.63, 3.8) is 0 Å². The first kappa shape index (κ1) is 9.79. The van der Waals surface area contributed by atoms with Crippen molar-refractivity contribution in [2.24, 2.45) is 0 Å². The van der Waals surface area contributed by atoms with E-state index in [9.17, 15) is 0 Å². The summed E-state index contributed by atoms with van der Waals surface area (Å²) in [6.07, 6.45) is 5.85. The van der Waals surface area contributed by atoms with Gasteiger partial charge >= 0.3 is 0 Å². The molecule has 0 atom stereocenters. The van der Waals surface area contributed by atoms with E-state index in [1.54, 1.807) is 12.4 Å². The zero-order chi connectivity index (χ0) is 11.0. The molecule has 0 saturated heterocycles. The predicted octanol–water partition coefficient (Wildman–Crippen LogP) is 3.67. The fourth-order valence-electron chi connectivity index (χ4n) is 1.96. The van der Waals surface area contributed by atoms with Crippen molar-refractivity contribution in [2.75, 3.05) is 0 Å². The van der Waals surface area contributed by atoms with E-state index >= 15 is 0 Å². The van der Waals surface area contributed by atoms with E-state index in [0.29, 0.717) is 11.1 Å². The molecule has 2 aromatic rings. The summed E-state index contributed by atoms with van der Waals surface area (Å²) >= 11 is 6.08.